The molecule has 2 aromatic carbocycles. The van der Waals surface area contributed by atoms with Gasteiger partial charge in [-0.25, -0.2) is 0 Å². The summed E-state index contributed by atoms with van der Waals surface area (Å²) in [6.07, 6.45) is 0.381. The Bertz CT molecular complexity index is 794. The molecule has 0 aliphatic carbocycles. The van der Waals surface area contributed by atoms with Crippen molar-refractivity contribution < 1.29 is 14.3 Å². The number of halogens is 2. The maximum Gasteiger partial charge on any atom is 0.281 e. The van der Waals surface area contributed by atoms with Crippen LogP contribution in [0.5, 0.6) is 5.75 Å². The van der Waals surface area contributed by atoms with E-state index in [0.717, 1.165) is 14.5 Å². The molecule has 1 unspecified atom stereocenters. The summed E-state index contributed by atoms with van der Waals surface area (Å²) in [5.74, 6) is 0.270. The molecule has 1 aliphatic heterocycles. The van der Waals surface area contributed by atoms with E-state index in [-0.39, 0.29) is 5.78 Å². The largest absolute Gasteiger partial charge is 0.452 e. The van der Waals surface area contributed by atoms with E-state index in [4.69, 9.17) is 9.47 Å². The Labute approximate surface area is 157 Å². The lowest BCUT2D eigenvalue weighted by atomic mass is 9.97. The molecule has 0 aromatic heterocycles. The molecule has 24 heavy (non-hydrogen) atoms. The van der Waals surface area contributed by atoms with Gasteiger partial charge in [-0.1, -0.05) is 44.0 Å². The van der Waals surface area contributed by atoms with Gasteiger partial charge in [-0.2, -0.15) is 0 Å². The molecule has 0 spiro atoms. The van der Waals surface area contributed by atoms with E-state index >= 15 is 0 Å². The van der Waals surface area contributed by atoms with Gasteiger partial charge in [0.1, 0.15) is 11.5 Å². The first-order valence-electron chi connectivity index (χ1n) is 7.50. The van der Waals surface area contributed by atoms with Gasteiger partial charge in [-0.3, -0.25) is 4.79 Å². The van der Waals surface area contributed by atoms with Crippen molar-refractivity contribution in [1.82, 2.24) is 0 Å². The number of hydrogen-bond donors (Lipinski definition) is 0. The zero-order valence-electron chi connectivity index (χ0n) is 13.3. The minimum Gasteiger partial charge on any atom is -0.452 e. The van der Waals surface area contributed by atoms with Crippen molar-refractivity contribution in [2.24, 2.45) is 0 Å². The summed E-state index contributed by atoms with van der Waals surface area (Å²) in [6.45, 7) is 3.36. The third kappa shape index (κ3) is 3.42. The molecule has 2 aromatic rings. The first kappa shape index (κ1) is 17.2. The molecular weight excluding hydrogens is 436 g/mol. The van der Waals surface area contributed by atoms with E-state index in [2.05, 4.69) is 31.9 Å². The van der Waals surface area contributed by atoms with E-state index in [1.165, 1.54) is 0 Å². The normalized spacial score (nSPS) is 20.0. The fourth-order valence-corrected chi connectivity index (χ4v) is 3.28. The maximum atomic E-state index is 11.9. The molecule has 3 rings (SSSR count). The van der Waals surface area contributed by atoms with Gasteiger partial charge in [0.15, 0.2) is 5.78 Å². The summed E-state index contributed by atoms with van der Waals surface area (Å²) in [5.41, 5.74) is 1.53. The number of carbonyl (C=O) groups excluding carboxylic acids is 1. The van der Waals surface area contributed by atoms with Crippen molar-refractivity contribution in [3.63, 3.8) is 0 Å². The third-order valence-electron chi connectivity index (χ3n) is 3.96. The van der Waals surface area contributed by atoms with E-state index in [1.54, 1.807) is 6.92 Å². The van der Waals surface area contributed by atoms with Crippen molar-refractivity contribution in [1.29, 1.82) is 0 Å². The molecule has 0 amide bonds. The highest BCUT2D eigenvalue weighted by Gasteiger charge is 2.45. The number of hydrogen-bond acceptors (Lipinski definition) is 3. The van der Waals surface area contributed by atoms with Crippen molar-refractivity contribution in [3.8, 4) is 5.75 Å². The number of carbonyl (C=O) groups is 1. The lowest BCUT2D eigenvalue weighted by molar-refractivity contribution is -0.146. The van der Waals surface area contributed by atoms with Crippen LogP contribution in [0.3, 0.4) is 0 Å². The van der Waals surface area contributed by atoms with Gasteiger partial charge >= 0.3 is 0 Å². The Balaban J connectivity index is 2.00. The Morgan fingerprint density at radius 3 is 2.08 bits per heavy atom. The van der Waals surface area contributed by atoms with Crippen molar-refractivity contribution in [2.45, 2.75) is 26.1 Å². The second-order valence-corrected chi connectivity index (χ2v) is 7.52. The number of Topliss-reactive ketones (excluding diaryl/α,β-unsaturated/α-hetero) is 1. The third-order valence-corrected chi connectivity index (χ3v) is 5.02. The fourth-order valence-electron chi connectivity index (χ4n) is 2.75. The topological polar surface area (TPSA) is 35.5 Å². The van der Waals surface area contributed by atoms with Crippen LogP contribution >= 0.6 is 31.9 Å². The van der Waals surface area contributed by atoms with Crippen LogP contribution in [0.15, 0.2) is 68.8 Å². The van der Waals surface area contributed by atoms with Crippen LogP contribution in [0.1, 0.15) is 25.8 Å². The number of ether oxygens (including phenoxy) is 2. The molecule has 0 fully saturated rings. The van der Waals surface area contributed by atoms with E-state index in [1.807, 2.05) is 55.5 Å². The molecule has 1 atom stereocenters. The van der Waals surface area contributed by atoms with Crippen molar-refractivity contribution in [3.05, 3.63) is 74.4 Å². The van der Waals surface area contributed by atoms with Crippen LogP contribution in [0.2, 0.25) is 0 Å². The average molecular weight is 452 g/mol. The van der Waals surface area contributed by atoms with Crippen LogP contribution < -0.4 is 4.74 Å². The molecule has 0 saturated heterocycles. The molecular formula is C19H16Br2O3. The molecule has 1 heterocycles. The highest BCUT2D eigenvalue weighted by molar-refractivity contribution is 9.10. The monoisotopic (exact) mass is 450 g/mol. The molecule has 124 valence electrons. The lowest BCUT2D eigenvalue weighted by Gasteiger charge is -2.31. The summed E-state index contributed by atoms with van der Waals surface area (Å²) in [7, 11) is 0. The summed E-state index contributed by atoms with van der Waals surface area (Å²) in [5, 5.41) is 0. The standard InChI is InChI=1S/C19H16Br2O3/c1-12(22)18-11-19(23-13(18)2,14-3-5-15(20)6-4-14)24-17-9-7-16(21)8-10-17/h3-10H,11H2,1-2H3. The number of ketones is 1. The van der Waals surface area contributed by atoms with Crippen LogP contribution in [-0.2, 0) is 15.3 Å². The Kier molecular flexibility index (Phi) is 4.83. The first-order valence-corrected chi connectivity index (χ1v) is 9.08. The zero-order chi connectivity index (χ0) is 17.3. The van der Waals surface area contributed by atoms with Crippen LogP contribution in [-0.4, -0.2) is 5.78 Å². The van der Waals surface area contributed by atoms with Crippen molar-refractivity contribution >= 4 is 37.6 Å². The fraction of sp³-hybridized carbons (Fsp3) is 0.211. The minimum absolute atomic E-state index is 0.00546. The summed E-state index contributed by atoms with van der Waals surface area (Å²) in [4.78, 5) is 11.9. The average Bonchev–Trinajstić information content (AvgIpc) is 2.88. The molecule has 0 saturated carbocycles. The van der Waals surface area contributed by atoms with Gasteiger partial charge in [0.05, 0.1) is 6.42 Å². The smallest absolute Gasteiger partial charge is 0.281 e. The number of rotatable bonds is 4. The van der Waals surface area contributed by atoms with Gasteiger partial charge in [0, 0.05) is 20.1 Å². The predicted octanol–water partition coefficient (Wildman–Crippen LogP) is 5.73. The van der Waals surface area contributed by atoms with Gasteiger partial charge in [0.25, 0.3) is 5.79 Å². The van der Waals surface area contributed by atoms with Crippen LogP contribution in [0, 0.1) is 0 Å². The summed E-state index contributed by atoms with van der Waals surface area (Å²) < 4.78 is 14.3. The Morgan fingerprint density at radius 1 is 1.04 bits per heavy atom. The summed E-state index contributed by atoms with van der Waals surface area (Å²) >= 11 is 6.86. The van der Waals surface area contributed by atoms with Crippen LogP contribution in [0.4, 0.5) is 0 Å². The molecule has 3 nitrogen and oxygen atoms in total. The lowest BCUT2D eigenvalue weighted by Crippen LogP contribution is -2.33. The van der Waals surface area contributed by atoms with E-state index in [9.17, 15) is 4.79 Å². The maximum absolute atomic E-state index is 11.9. The van der Waals surface area contributed by atoms with Gasteiger partial charge in [-0.15, -0.1) is 0 Å². The highest BCUT2D eigenvalue weighted by Crippen LogP contribution is 2.43. The van der Waals surface area contributed by atoms with Crippen molar-refractivity contribution in [2.75, 3.05) is 0 Å². The number of allylic oxidation sites excluding steroid dienone is 1. The number of benzene rings is 2. The summed E-state index contributed by atoms with van der Waals surface area (Å²) in [6, 6.07) is 15.3. The quantitative estimate of drug-likeness (QED) is 0.595. The van der Waals surface area contributed by atoms with E-state index < -0.39 is 5.79 Å². The van der Waals surface area contributed by atoms with Crippen LogP contribution in [0.25, 0.3) is 0 Å². The molecule has 0 N–H and O–H groups in total. The second kappa shape index (κ2) is 6.73. The minimum atomic E-state index is -1.03. The predicted molar refractivity (Wildman–Crippen MR) is 99.7 cm³/mol. The molecule has 0 bridgehead atoms. The molecule has 0 radical (unpaired) electrons. The zero-order valence-corrected chi connectivity index (χ0v) is 16.5. The second-order valence-electron chi connectivity index (χ2n) is 5.69. The van der Waals surface area contributed by atoms with Gasteiger partial charge in [0.2, 0.25) is 0 Å². The van der Waals surface area contributed by atoms with Gasteiger partial charge in [-0.05, 0) is 50.2 Å². The highest BCUT2D eigenvalue weighted by atomic mass is 79.9. The van der Waals surface area contributed by atoms with Gasteiger partial charge < -0.3 is 9.47 Å². The molecule has 5 heteroatoms. The SMILES string of the molecule is CC(=O)C1=C(C)OC(Oc2ccc(Br)cc2)(c2ccc(Br)cc2)C1. The van der Waals surface area contributed by atoms with E-state index in [0.29, 0.717) is 23.5 Å². The Morgan fingerprint density at radius 2 is 1.58 bits per heavy atom. The molecule has 1 aliphatic rings. The first-order chi connectivity index (χ1) is 11.4. The Hall–Kier alpha value is -1.59.